The average molecular weight is 285 g/mol. The van der Waals surface area contributed by atoms with Crippen LogP contribution in [0, 0.1) is 0 Å². The molecule has 7 nitrogen and oxygen atoms in total. The van der Waals surface area contributed by atoms with Crippen LogP contribution in [0.4, 0.5) is 10.6 Å². The lowest BCUT2D eigenvalue weighted by Crippen LogP contribution is -2.46. The number of aryl methyl sites for hydroxylation is 1. The van der Waals surface area contributed by atoms with E-state index in [1.165, 1.54) is 0 Å². The molecule has 0 aliphatic carbocycles. The Morgan fingerprint density at radius 1 is 1.58 bits per heavy atom. The van der Waals surface area contributed by atoms with Gasteiger partial charge >= 0.3 is 6.03 Å². The van der Waals surface area contributed by atoms with Crippen molar-refractivity contribution in [3.05, 3.63) is 11.8 Å². The predicted molar refractivity (Wildman–Crippen MR) is 76.1 cm³/mol. The standard InChI is InChI=1S/C11H19N5O2S/c1-3-7-6-9(16-15-7)14-10(17)8(4-5-19-2)13-11(12)18/h6,8H,3-5H2,1-2H3,(H3,12,13,18)(H2,14,15,16,17). The molecule has 0 radical (unpaired) electrons. The smallest absolute Gasteiger partial charge is 0.312 e. The summed E-state index contributed by atoms with van der Waals surface area (Å²) in [5.74, 6) is 0.878. The highest BCUT2D eigenvalue weighted by atomic mass is 32.2. The first kappa shape index (κ1) is 15.4. The molecule has 0 bridgehead atoms. The fraction of sp³-hybridized carbons (Fsp3) is 0.545. The maximum Gasteiger partial charge on any atom is 0.312 e. The lowest BCUT2D eigenvalue weighted by Gasteiger charge is -2.15. The lowest BCUT2D eigenvalue weighted by molar-refractivity contribution is -0.118. The number of aromatic nitrogens is 2. The van der Waals surface area contributed by atoms with Gasteiger partial charge in [-0.3, -0.25) is 9.89 Å². The van der Waals surface area contributed by atoms with E-state index in [-0.39, 0.29) is 5.91 Å². The third-order valence-corrected chi connectivity index (χ3v) is 3.15. The van der Waals surface area contributed by atoms with E-state index >= 15 is 0 Å². The van der Waals surface area contributed by atoms with Gasteiger partial charge in [0.25, 0.3) is 0 Å². The first-order valence-corrected chi connectivity index (χ1v) is 7.36. The topological polar surface area (TPSA) is 113 Å². The predicted octanol–water partition coefficient (Wildman–Crippen LogP) is 0.701. The molecule has 0 fully saturated rings. The number of H-pyrrole nitrogens is 1. The molecule has 1 aromatic heterocycles. The Labute approximate surface area is 116 Å². The molecule has 5 N–H and O–H groups in total. The second-order valence-corrected chi connectivity index (χ2v) is 4.95. The normalized spacial score (nSPS) is 11.9. The van der Waals surface area contributed by atoms with Gasteiger partial charge in [-0.25, -0.2) is 4.79 Å². The van der Waals surface area contributed by atoms with Crippen molar-refractivity contribution in [2.75, 3.05) is 17.3 Å². The highest BCUT2D eigenvalue weighted by Gasteiger charge is 2.20. The molecule has 1 heterocycles. The molecule has 0 saturated heterocycles. The van der Waals surface area contributed by atoms with E-state index in [4.69, 9.17) is 5.73 Å². The van der Waals surface area contributed by atoms with Crippen molar-refractivity contribution in [1.82, 2.24) is 15.5 Å². The van der Waals surface area contributed by atoms with E-state index in [1.54, 1.807) is 17.8 Å². The van der Waals surface area contributed by atoms with Crippen LogP contribution in [0.5, 0.6) is 0 Å². The zero-order chi connectivity index (χ0) is 14.3. The summed E-state index contributed by atoms with van der Waals surface area (Å²) in [5, 5.41) is 11.8. The maximum absolute atomic E-state index is 12.0. The van der Waals surface area contributed by atoms with Crippen LogP contribution in [-0.2, 0) is 11.2 Å². The number of amides is 3. The molecule has 8 heteroatoms. The molecule has 0 aliphatic heterocycles. The SMILES string of the molecule is CCc1cc(NC(=O)C(CCSC)NC(N)=O)n[nH]1. The van der Waals surface area contributed by atoms with Crippen LogP contribution >= 0.6 is 11.8 Å². The average Bonchev–Trinajstić information content (AvgIpc) is 2.81. The third kappa shape index (κ3) is 5.21. The van der Waals surface area contributed by atoms with Crippen molar-refractivity contribution in [2.45, 2.75) is 25.8 Å². The van der Waals surface area contributed by atoms with Crippen molar-refractivity contribution < 1.29 is 9.59 Å². The van der Waals surface area contributed by atoms with Crippen LogP contribution in [0.25, 0.3) is 0 Å². The Hall–Kier alpha value is -1.70. The molecule has 106 valence electrons. The fourth-order valence-corrected chi connectivity index (χ4v) is 1.97. The number of carbonyl (C=O) groups excluding carboxylic acids is 2. The molecular weight excluding hydrogens is 266 g/mol. The Morgan fingerprint density at radius 2 is 2.32 bits per heavy atom. The Balaban J connectivity index is 2.61. The lowest BCUT2D eigenvalue weighted by atomic mass is 10.2. The van der Waals surface area contributed by atoms with E-state index in [0.717, 1.165) is 17.9 Å². The minimum atomic E-state index is -0.711. The van der Waals surface area contributed by atoms with E-state index in [1.807, 2.05) is 13.2 Å². The molecule has 1 atom stereocenters. The molecular formula is C11H19N5O2S. The second-order valence-electron chi connectivity index (χ2n) is 3.96. The molecule has 19 heavy (non-hydrogen) atoms. The minimum Gasteiger partial charge on any atom is -0.352 e. The van der Waals surface area contributed by atoms with Crippen molar-refractivity contribution in [3.8, 4) is 0 Å². The van der Waals surface area contributed by atoms with Crippen molar-refractivity contribution in [3.63, 3.8) is 0 Å². The summed E-state index contributed by atoms with van der Waals surface area (Å²) < 4.78 is 0. The second kappa shape index (κ2) is 7.67. The van der Waals surface area contributed by atoms with E-state index < -0.39 is 12.1 Å². The number of thioether (sulfide) groups is 1. The summed E-state index contributed by atoms with van der Waals surface area (Å²) in [6.45, 7) is 1.98. The monoisotopic (exact) mass is 285 g/mol. The Kier molecular flexibility index (Phi) is 6.20. The van der Waals surface area contributed by atoms with Crippen molar-refractivity contribution in [2.24, 2.45) is 5.73 Å². The highest BCUT2D eigenvalue weighted by Crippen LogP contribution is 2.08. The molecule has 0 spiro atoms. The third-order valence-electron chi connectivity index (χ3n) is 2.51. The molecule has 0 aromatic carbocycles. The number of nitrogens with zero attached hydrogens (tertiary/aromatic N) is 1. The van der Waals surface area contributed by atoms with Gasteiger partial charge in [-0.2, -0.15) is 16.9 Å². The number of rotatable bonds is 7. The van der Waals surface area contributed by atoms with Crippen LogP contribution in [0.3, 0.4) is 0 Å². The summed E-state index contributed by atoms with van der Waals surface area (Å²) in [6.07, 6.45) is 3.25. The van der Waals surface area contributed by atoms with Crippen LogP contribution in [0.15, 0.2) is 6.07 Å². The molecule has 0 aliphatic rings. The summed E-state index contributed by atoms with van der Waals surface area (Å²) >= 11 is 1.59. The zero-order valence-electron chi connectivity index (χ0n) is 11.0. The van der Waals surface area contributed by atoms with Gasteiger partial charge in [-0.15, -0.1) is 0 Å². The number of urea groups is 1. The molecule has 1 unspecified atom stereocenters. The van der Waals surface area contributed by atoms with E-state index in [0.29, 0.717) is 12.2 Å². The van der Waals surface area contributed by atoms with Crippen molar-refractivity contribution in [1.29, 1.82) is 0 Å². The van der Waals surface area contributed by atoms with Gasteiger partial charge in [-0.1, -0.05) is 6.92 Å². The number of nitrogens with two attached hydrogens (primary N) is 1. The van der Waals surface area contributed by atoms with Gasteiger partial charge in [0.15, 0.2) is 5.82 Å². The van der Waals surface area contributed by atoms with Gasteiger partial charge in [0.05, 0.1) is 0 Å². The summed E-state index contributed by atoms with van der Waals surface area (Å²) in [6, 6.07) is 0.401. The molecule has 1 rings (SSSR count). The highest BCUT2D eigenvalue weighted by molar-refractivity contribution is 7.98. The summed E-state index contributed by atoms with van der Waals surface area (Å²) in [4.78, 5) is 22.9. The van der Waals surface area contributed by atoms with E-state index in [9.17, 15) is 9.59 Å². The van der Waals surface area contributed by atoms with Gasteiger partial charge in [0.2, 0.25) is 5.91 Å². The number of carbonyl (C=O) groups is 2. The summed E-state index contributed by atoms with van der Waals surface area (Å²) in [7, 11) is 0. The largest absolute Gasteiger partial charge is 0.352 e. The zero-order valence-corrected chi connectivity index (χ0v) is 11.8. The van der Waals surface area contributed by atoms with Crippen LogP contribution < -0.4 is 16.4 Å². The van der Waals surface area contributed by atoms with Gasteiger partial charge in [0, 0.05) is 11.8 Å². The molecule has 1 aromatic rings. The number of hydrogen-bond donors (Lipinski definition) is 4. The quantitative estimate of drug-likeness (QED) is 0.590. The summed E-state index contributed by atoms with van der Waals surface area (Å²) in [5.41, 5.74) is 5.99. The first-order chi connectivity index (χ1) is 9.06. The number of primary amides is 1. The Bertz CT molecular complexity index is 434. The van der Waals surface area contributed by atoms with E-state index in [2.05, 4.69) is 20.8 Å². The van der Waals surface area contributed by atoms with Gasteiger partial charge < -0.3 is 16.4 Å². The Morgan fingerprint density at radius 3 is 2.84 bits per heavy atom. The van der Waals surface area contributed by atoms with Crippen LogP contribution in [0.2, 0.25) is 0 Å². The molecule has 0 saturated carbocycles. The first-order valence-electron chi connectivity index (χ1n) is 5.96. The van der Waals surface area contributed by atoms with Gasteiger partial charge in [-0.05, 0) is 24.9 Å². The maximum atomic E-state index is 12.0. The number of anilines is 1. The number of aromatic amines is 1. The molecule has 3 amide bonds. The van der Waals surface area contributed by atoms with Crippen LogP contribution in [-0.4, -0.2) is 40.2 Å². The van der Waals surface area contributed by atoms with Gasteiger partial charge in [0.1, 0.15) is 6.04 Å². The minimum absolute atomic E-state index is 0.318. The van der Waals surface area contributed by atoms with Crippen molar-refractivity contribution >= 4 is 29.5 Å². The number of nitrogens with one attached hydrogen (secondary N) is 3. The number of hydrogen-bond acceptors (Lipinski definition) is 4. The van der Waals surface area contributed by atoms with Crippen LogP contribution in [0.1, 0.15) is 19.0 Å². The fourth-order valence-electron chi connectivity index (χ4n) is 1.50.